The molecular weight excluding hydrogens is 498 g/mol. The fraction of sp³-hybridized carbons (Fsp3) is 0.241. The van der Waals surface area contributed by atoms with Gasteiger partial charge in [-0.1, -0.05) is 50.2 Å². The van der Waals surface area contributed by atoms with Crippen molar-refractivity contribution in [3.05, 3.63) is 105 Å². The normalized spacial score (nSPS) is 25.0. The first-order valence-corrected chi connectivity index (χ1v) is 12.8. The first-order chi connectivity index (χ1) is 18.8. The summed E-state index contributed by atoms with van der Waals surface area (Å²) in [5, 5.41) is 15.5. The molecule has 3 aliphatic rings. The number of anilines is 1. The largest absolute Gasteiger partial charge is 0.296 e. The summed E-state index contributed by atoms with van der Waals surface area (Å²) >= 11 is 0. The van der Waals surface area contributed by atoms with Crippen LogP contribution in [0.15, 0.2) is 77.6 Å². The van der Waals surface area contributed by atoms with E-state index in [4.69, 9.17) is 4.98 Å². The molecule has 2 fully saturated rings. The molecule has 7 rings (SSSR count). The van der Waals surface area contributed by atoms with Crippen LogP contribution in [0.25, 0.3) is 16.6 Å². The van der Waals surface area contributed by atoms with E-state index in [1.807, 2.05) is 38.1 Å². The number of benzene rings is 3. The number of carbonyl (C=O) groups excluding carboxylic acids is 2. The number of hydrogen-bond donors (Lipinski definition) is 1. The quantitative estimate of drug-likeness (QED) is 0.249. The van der Waals surface area contributed by atoms with Crippen LogP contribution in [-0.2, 0) is 15.1 Å². The van der Waals surface area contributed by atoms with E-state index in [2.05, 4.69) is 5.32 Å². The van der Waals surface area contributed by atoms with Crippen molar-refractivity contribution >= 4 is 34.1 Å². The van der Waals surface area contributed by atoms with Crippen LogP contribution < -0.4 is 15.8 Å². The zero-order chi connectivity index (χ0) is 27.2. The van der Waals surface area contributed by atoms with Gasteiger partial charge in [-0.05, 0) is 30.2 Å². The number of nitro groups is 1. The van der Waals surface area contributed by atoms with Crippen LogP contribution in [-0.4, -0.2) is 32.3 Å². The van der Waals surface area contributed by atoms with Crippen molar-refractivity contribution in [1.29, 1.82) is 0 Å². The van der Waals surface area contributed by atoms with Gasteiger partial charge in [-0.3, -0.25) is 34.4 Å². The van der Waals surface area contributed by atoms with Gasteiger partial charge in [0.2, 0.25) is 11.8 Å². The third kappa shape index (κ3) is 2.89. The number of aromatic nitrogens is 2. The summed E-state index contributed by atoms with van der Waals surface area (Å²) in [6, 6.07) is 19.6. The summed E-state index contributed by atoms with van der Waals surface area (Å²) in [6.07, 6.45) is 0. The van der Waals surface area contributed by atoms with Crippen molar-refractivity contribution in [3.63, 3.8) is 0 Å². The molecule has 3 aliphatic heterocycles. The molecule has 10 nitrogen and oxygen atoms in total. The van der Waals surface area contributed by atoms with Crippen LogP contribution in [0.2, 0.25) is 0 Å². The molecule has 4 atom stereocenters. The number of amides is 2. The smallest absolute Gasteiger partial charge is 0.271 e. The van der Waals surface area contributed by atoms with E-state index < -0.39 is 40.2 Å². The second-order valence-corrected chi connectivity index (χ2v) is 10.6. The third-order valence-electron chi connectivity index (χ3n) is 8.31. The minimum Gasteiger partial charge on any atom is -0.296 e. The second-order valence-electron chi connectivity index (χ2n) is 10.6. The average molecular weight is 522 g/mol. The van der Waals surface area contributed by atoms with Gasteiger partial charge in [0.15, 0.2) is 0 Å². The van der Waals surface area contributed by atoms with Crippen molar-refractivity contribution in [2.75, 3.05) is 4.90 Å². The average Bonchev–Trinajstić information content (AvgIpc) is 3.52. The summed E-state index contributed by atoms with van der Waals surface area (Å²) < 4.78 is 1.55. The van der Waals surface area contributed by atoms with Crippen LogP contribution in [0.4, 0.5) is 11.4 Å². The molecule has 3 aromatic carbocycles. The third-order valence-corrected chi connectivity index (χ3v) is 8.31. The molecule has 0 aliphatic carbocycles. The number of nitrogens with zero attached hydrogens (tertiary/aromatic N) is 4. The van der Waals surface area contributed by atoms with Crippen LogP contribution >= 0.6 is 0 Å². The molecular formula is C29H23N5O5. The lowest BCUT2D eigenvalue weighted by Crippen LogP contribution is -2.51. The summed E-state index contributed by atoms with van der Waals surface area (Å²) in [6.45, 7) is 3.95. The monoisotopic (exact) mass is 521 g/mol. The van der Waals surface area contributed by atoms with Crippen molar-refractivity contribution < 1.29 is 14.5 Å². The summed E-state index contributed by atoms with van der Waals surface area (Å²) in [5.74, 6) is -2.27. The van der Waals surface area contributed by atoms with E-state index in [1.54, 1.807) is 28.8 Å². The van der Waals surface area contributed by atoms with E-state index >= 15 is 0 Å². The molecule has 39 heavy (non-hydrogen) atoms. The van der Waals surface area contributed by atoms with Gasteiger partial charge in [0.05, 0.1) is 39.0 Å². The zero-order valence-electron chi connectivity index (χ0n) is 21.1. The second kappa shape index (κ2) is 7.90. The van der Waals surface area contributed by atoms with Crippen molar-refractivity contribution in [2.24, 2.45) is 17.8 Å². The topological polar surface area (TPSA) is 127 Å². The maximum atomic E-state index is 14.4. The van der Waals surface area contributed by atoms with Crippen molar-refractivity contribution in [1.82, 2.24) is 14.9 Å². The Kier molecular flexibility index (Phi) is 4.75. The highest BCUT2D eigenvalue weighted by atomic mass is 16.6. The van der Waals surface area contributed by atoms with Crippen LogP contribution in [0.3, 0.4) is 0 Å². The predicted molar refractivity (Wildman–Crippen MR) is 142 cm³/mol. The highest BCUT2D eigenvalue weighted by Crippen LogP contribution is 2.56. The molecule has 10 heteroatoms. The minimum absolute atomic E-state index is 0.0490. The maximum absolute atomic E-state index is 14.4. The Hall–Kier alpha value is -4.70. The lowest BCUT2D eigenvalue weighted by molar-refractivity contribution is -0.384. The first-order valence-electron chi connectivity index (χ1n) is 12.8. The lowest BCUT2D eigenvalue weighted by Gasteiger charge is -2.32. The molecule has 4 aromatic rings. The fourth-order valence-electron chi connectivity index (χ4n) is 6.72. The number of para-hydroxylation sites is 2. The molecule has 1 N–H and O–H groups in total. The molecule has 2 amide bonds. The zero-order valence-corrected chi connectivity index (χ0v) is 21.1. The standard InChI is InChI=1S/C29H23N5O5/c1-15(2)24-22-23(27(37)32(26(22)36)16-8-7-9-17(14-16)34(38)39)29(31-24)19-11-4-6-13-21(19)33-25(35)18-10-3-5-12-20(18)30-28(29)33/h3-15,22-24,31H,1-2H3/t22-,23+,24+,29-/m1/s1. The lowest BCUT2D eigenvalue weighted by atomic mass is 9.75. The van der Waals surface area contributed by atoms with E-state index in [9.17, 15) is 24.5 Å². The number of hydrogen-bond acceptors (Lipinski definition) is 7. The van der Waals surface area contributed by atoms with Gasteiger partial charge in [0, 0.05) is 23.7 Å². The number of fused-ring (bicyclic) bond motifs is 8. The molecule has 4 heterocycles. The fourth-order valence-corrected chi connectivity index (χ4v) is 6.72. The number of carbonyl (C=O) groups is 2. The maximum Gasteiger partial charge on any atom is 0.271 e. The SMILES string of the molecule is CC(C)[C@@H]1N[C@]2(c3ccccc3-n3c2nc2ccccc2c3=O)[C@@H]2C(=O)N(c3cccc([N+](=O)[O-])c3)C(=O)[C@H]21. The van der Waals surface area contributed by atoms with E-state index in [-0.39, 0.29) is 22.9 Å². The Morgan fingerprint density at radius 2 is 1.72 bits per heavy atom. The summed E-state index contributed by atoms with van der Waals surface area (Å²) in [4.78, 5) is 59.1. The minimum atomic E-state index is -1.25. The Balaban J connectivity index is 1.51. The highest BCUT2D eigenvalue weighted by molar-refractivity contribution is 6.23. The van der Waals surface area contributed by atoms with Crippen molar-refractivity contribution in [2.45, 2.75) is 25.4 Å². The van der Waals surface area contributed by atoms with Crippen LogP contribution in [0.5, 0.6) is 0 Å². The predicted octanol–water partition coefficient (Wildman–Crippen LogP) is 3.28. The van der Waals surface area contributed by atoms with Gasteiger partial charge in [0.1, 0.15) is 11.4 Å². The number of nitro benzene ring substituents is 1. The molecule has 2 saturated heterocycles. The van der Waals surface area contributed by atoms with Crippen LogP contribution in [0, 0.1) is 27.9 Å². The van der Waals surface area contributed by atoms with Crippen molar-refractivity contribution in [3.8, 4) is 5.69 Å². The number of imide groups is 1. The highest BCUT2D eigenvalue weighted by Gasteiger charge is 2.70. The van der Waals surface area contributed by atoms with Gasteiger partial charge in [-0.15, -0.1) is 0 Å². The number of nitrogens with one attached hydrogen (secondary N) is 1. The van der Waals surface area contributed by atoms with Gasteiger partial charge in [-0.2, -0.15) is 0 Å². The Labute approximate surface area is 222 Å². The Morgan fingerprint density at radius 3 is 2.49 bits per heavy atom. The van der Waals surface area contributed by atoms with Crippen LogP contribution in [0.1, 0.15) is 25.2 Å². The molecule has 1 spiro atoms. The molecule has 194 valence electrons. The summed E-state index contributed by atoms with van der Waals surface area (Å²) in [7, 11) is 0. The number of non-ortho nitro benzene ring substituents is 1. The van der Waals surface area contributed by atoms with Gasteiger partial charge in [0.25, 0.3) is 11.2 Å². The number of rotatable bonds is 3. The van der Waals surface area contributed by atoms with Gasteiger partial charge in [-0.25, -0.2) is 9.88 Å². The Morgan fingerprint density at radius 1 is 0.974 bits per heavy atom. The summed E-state index contributed by atoms with van der Waals surface area (Å²) in [5.41, 5.74) is 0.251. The first kappa shape index (κ1) is 23.4. The van der Waals surface area contributed by atoms with E-state index in [0.29, 0.717) is 28.0 Å². The molecule has 0 unspecified atom stereocenters. The van der Waals surface area contributed by atoms with Gasteiger partial charge < -0.3 is 0 Å². The van der Waals surface area contributed by atoms with Gasteiger partial charge >= 0.3 is 0 Å². The Bertz CT molecular complexity index is 1810. The molecule has 1 aromatic heterocycles. The molecule has 0 saturated carbocycles. The molecule has 0 radical (unpaired) electrons. The van der Waals surface area contributed by atoms with E-state index in [1.165, 1.54) is 24.3 Å². The van der Waals surface area contributed by atoms with E-state index in [0.717, 1.165) is 4.90 Å². The molecule has 0 bridgehead atoms.